The Balaban J connectivity index is 2.00. The molecule has 0 saturated heterocycles. The number of hydrogen-bond acceptors (Lipinski definition) is 4. The first-order valence-corrected chi connectivity index (χ1v) is 5.87. The van der Waals surface area contributed by atoms with Crippen LogP contribution < -0.4 is 0 Å². The Morgan fingerprint density at radius 3 is 2.44 bits per heavy atom. The van der Waals surface area contributed by atoms with Gasteiger partial charge in [0.25, 0.3) is 0 Å². The second-order valence-corrected chi connectivity index (χ2v) is 4.21. The lowest BCUT2D eigenvalue weighted by molar-refractivity contribution is -0.337. The third-order valence-corrected chi connectivity index (χ3v) is 3.06. The molecule has 0 fully saturated rings. The highest BCUT2D eigenvalue weighted by Crippen LogP contribution is 2.23. The van der Waals surface area contributed by atoms with Gasteiger partial charge in [0, 0.05) is 0 Å². The highest BCUT2D eigenvalue weighted by atomic mass is 17.1. The highest BCUT2D eigenvalue weighted by molar-refractivity contribution is 5.27. The third-order valence-electron chi connectivity index (χ3n) is 3.06. The van der Waals surface area contributed by atoms with Gasteiger partial charge in [0.1, 0.15) is 12.2 Å². The number of hydrogen-bond donors (Lipinski definition) is 2. The maximum Gasteiger partial charge on any atom is 0.147 e. The van der Waals surface area contributed by atoms with Gasteiger partial charge in [-0.2, -0.15) is 0 Å². The van der Waals surface area contributed by atoms with Gasteiger partial charge in [0.15, 0.2) is 0 Å². The molecule has 1 aromatic rings. The molecule has 1 aliphatic carbocycles. The standard InChI is InChI=1S/C14H16O4/c15-17-13-8-4-7-12(14(13)18-16)10-9-11-5-2-1-3-6-11/h1-8,13-16H,9-10H2. The van der Waals surface area contributed by atoms with E-state index < -0.39 is 12.2 Å². The summed E-state index contributed by atoms with van der Waals surface area (Å²) in [6.45, 7) is 0. The Morgan fingerprint density at radius 2 is 1.78 bits per heavy atom. The summed E-state index contributed by atoms with van der Waals surface area (Å²) < 4.78 is 0. The van der Waals surface area contributed by atoms with Crippen LogP contribution in [-0.4, -0.2) is 22.7 Å². The molecule has 4 nitrogen and oxygen atoms in total. The highest BCUT2D eigenvalue weighted by Gasteiger charge is 2.27. The van der Waals surface area contributed by atoms with Crippen LogP contribution in [0.5, 0.6) is 0 Å². The molecule has 2 atom stereocenters. The van der Waals surface area contributed by atoms with Crippen LogP contribution in [0.25, 0.3) is 0 Å². The summed E-state index contributed by atoms with van der Waals surface area (Å²) in [6, 6.07) is 10.1. The minimum atomic E-state index is -0.661. The molecular weight excluding hydrogens is 232 g/mol. The molecule has 1 aliphatic rings. The molecule has 0 aromatic heterocycles. The van der Waals surface area contributed by atoms with Crippen LogP contribution in [0, 0.1) is 0 Å². The van der Waals surface area contributed by atoms with E-state index in [1.807, 2.05) is 36.4 Å². The molecule has 0 bridgehead atoms. The number of benzene rings is 1. The van der Waals surface area contributed by atoms with Gasteiger partial charge in [-0.3, -0.25) is 10.5 Å². The monoisotopic (exact) mass is 248 g/mol. The number of allylic oxidation sites excluding steroid dienone is 2. The topological polar surface area (TPSA) is 58.9 Å². The second-order valence-electron chi connectivity index (χ2n) is 4.21. The molecule has 2 unspecified atom stereocenters. The van der Waals surface area contributed by atoms with Crippen molar-refractivity contribution in [1.29, 1.82) is 0 Å². The predicted molar refractivity (Wildman–Crippen MR) is 67.0 cm³/mol. The van der Waals surface area contributed by atoms with Crippen molar-refractivity contribution < 1.29 is 20.3 Å². The van der Waals surface area contributed by atoms with Crippen molar-refractivity contribution in [1.82, 2.24) is 0 Å². The lowest BCUT2D eigenvalue weighted by Crippen LogP contribution is -2.32. The van der Waals surface area contributed by atoms with Crippen LogP contribution >= 0.6 is 0 Å². The van der Waals surface area contributed by atoms with Crippen molar-refractivity contribution >= 4 is 0 Å². The summed E-state index contributed by atoms with van der Waals surface area (Å²) in [5, 5.41) is 17.6. The third kappa shape index (κ3) is 3.05. The number of rotatable bonds is 5. The van der Waals surface area contributed by atoms with E-state index in [4.69, 9.17) is 10.5 Å². The van der Waals surface area contributed by atoms with E-state index in [1.165, 1.54) is 5.56 Å². The molecular formula is C14H16O4. The van der Waals surface area contributed by atoms with Gasteiger partial charge < -0.3 is 0 Å². The predicted octanol–water partition coefficient (Wildman–Crippen LogP) is 2.83. The Kier molecular flexibility index (Phi) is 4.66. The lowest BCUT2D eigenvalue weighted by Gasteiger charge is -2.24. The Bertz CT molecular complexity index is 425. The van der Waals surface area contributed by atoms with E-state index in [-0.39, 0.29) is 0 Å². The first kappa shape index (κ1) is 13.0. The van der Waals surface area contributed by atoms with Crippen LogP contribution in [0.3, 0.4) is 0 Å². The maximum absolute atomic E-state index is 8.89. The smallest absolute Gasteiger partial charge is 0.147 e. The fraction of sp³-hybridized carbons (Fsp3) is 0.286. The van der Waals surface area contributed by atoms with Crippen molar-refractivity contribution in [3.8, 4) is 0 Å². The van der Waals surface area contributed by atoms with Crippen molar-refractivity contribution in [3.05, 3.63) is 59.7 Å². The molecule has 2 N–H and O–H groups in total. The van der Waals surface area contributed by atoms with Gasteiger partial charge >= 0.3 is 0 Å². The summed E-state index contributed by atoms with van der Waals surface area (Å²) >= 11 is 0. The molecule has 0 heterocycles. The van der Waals surface area contributed by atoms with Crippen LogP contribution in [-0.2, 0) is 16.2 Å². The van der Waals surface area contributed by atoms with Crippen LogP contribution in [0.2, 0.25) is 0 Å². The molecule has 0 spiro atoms. The van der Waals surface area contributed by atoms with E-state index in [1.54, 1.807) is 12.2 Å². The Morgan fingerprint density at radius 1 is 1.00 bits per heavy atom. The molecule has 0 radical (unpaired) electrons. The fourth-order valence-corrected chi connectivity index (χ4v) is 2.07. The Labute approximate surface area is 106 Å². The second kappa shape index (κ2) is 6.47. The van der Waals surface area contributed by atoms with Crippen molar-refractivity contribution in [2.24, 2.45) is 0 Å². The summed E-state index contributed by atoms with van der Waals surface area (Å²) in [6.07, 6.45) is 5.57. The zero-order chi connectivity index (χ0) is 12.8. The molecule has 18 heavy (non-hydrogen) atoms. The van der Waals surface area contributed by atoms with Crippen molar-refractivity contribution in [2.75, 3.05) is 0 Å². The average Bonchev–Trinajstić information content (AvgIpc) is 2.45. The minimum Gasteiger partial charge on any atom is -0.251 e. The van der Waals surface area contributed by atoms with Gasteiger partial charge in [0.2, 0.25) is 0 Å². The van der Waals surface area contributed by atoms with Gasteiger partial charge in [-0.1, -0.05) is 42.5 Å². The van der Waals surface area contributed by atoms with E-state index in [0.717, 1.165) is 18.4 Å². The maximum atomic E-state index is 8.89. The molecule has 0 amide bonds. The summed E-state index contributed by atoms with van der Waals surface area (Å²) in [4.78, 5) is 8.66. The summed E-state index contributed by atoms with van der Waals surface area (Å²) in [5.74, 6) is 0. The first-order chi connectivity index (χ1) is 8.85. The molecule has 2 rings (SSSR count). The summed E-state index contributed by atoms with van der Waals surface area (Å²) in [5.41, 5.74) is 2.11. The van der Waals surface area contributed by atoms with Gasteiger partial charge in [0.05, 0.1) is 0 Å². The quantitative estimate of drug-likeness (QED) is 0.621. The first-order valence-electron chi connectivity index (χ1n) is 5.87. The molecule has 0 aliphatic heterocycles. The molecule has 96 valence electrons. The fourth-order valence-electron chi connectivity index (χ4n) is 2.07. The van der Waals surface area contributed by atoms with Gasteiger partial charge in [-0.05, 0) is 30.1 Å². The van der Waals surface area contributed by atoms with Gasteiger partial charge in [-0.25, -0.2) is 9.78 Å². The number of aryl methyl sites for hydroxylation is 1. The normalized spacial score (nSPS) is 22.9. The SMILES string of the molecule is OOC1C=CC=C(CCc2ccccc2)C1OO. The van der Waals surface area contributed by atoms with E-state index >= 15 is 0 Å². The largest absolute Gasteiger partial charge is 0.251 e. The molecule has 4 heteroatoms. The zero-order valence-electron chi connectivity index (χ0n) is 9.90. The minimum absolute atomic E-state index is 0.649. The van der Waals surface area contributed by atoms with Crippen LogP contribution in [0.1, 0.15) is 12.0 Å². The average molecular weight is 248 g/mol. The van der Waals surface area contributed by atoms with Gasteiger partial charge in [-0.15, -0.1) is 0 Å². The van der Waals surface area contributed by atoms with Crippen LogP contribution in [0.4, 0.5) is 0 Å². The van der Waals surface area contributed by atoms with E-state index in [0.29, 0.717) is 0 Å². The summed E-state index contributed by atoms with van der Waals surface area (Å²) in [7, 11) is 0. The molecule has 0 saturated carbocycles. The van der Waals surface area contributed by atoms with E-state index in [2.05, 4.69) is 9.78 Å². The zero-order valence-corrected chi connectivity index (χ0v) is 9.90. The van der Waals surface area contributed by atoms with Crippen molar-refractivity contribution in [2.45, 2.75) is 25.0 Å². The van der Waals surface area contributed by atoms with Crippen LogP contribution in [0.15, 0.2) is 54.1 Å². The Hall–Kier alpha value is -1.46. The lowest BCUT2D eigenvalue weighted by atomic mass is 9.93. The van der Waals surface area contributed by atoms with Crippen molar-refractivity contribution in [3.63, 3.8) is 0 Å². The van der Waals surface area contributed by atoms with E-state index in [9.17, 15) is 0 Å². The molecule has 1 aromatic carbocycles.